The zero-order chi connectivity index (χ0) is 9.78. The van der Waals surface area contributed by atoms with E-state index in [0.717, 1.165) is 0 Å². The summed E-state index contributed by atoms with van der Waals surface area (Å²) >= 11 is 0. The van der Waals surface area contributed by atoms with E-state index in [4.69, 9.17) is 0 Å². The summed E-state index contributed by atoms with van der Waals surface area (Å²) in [7, 11) is -6.32. The fourth-order valence-corrected chi connectivity index (χ4v) is 0.502. The van der Waals surface area contributed by atoms with Crippen LogP contribution >= 0.6 is 8.42 Å². The Morgan fingerprint density at radius 3 is 2.00 bits per heavy atom. The molecule has 0 radical (unpaired) electrons. The van der Waals surface area contributed by atoms with E-state index < -0.39 is 27.2 Å². The Bertz CT molecular complexity index is 189. The largest absolute Gasteiger partial charge is 0.762 e. The number of ether oxygens (including phenoxy) is 1. The minimum Gasteiger partial charge on any atom is -0.425 e. The van der Waals surface area contributed by atoms with Crippen LogP contribution in [-0.2, 0) is 18.8 Å². The Balaban J connectivity index is 3.97. The molecule has 0 fully saturated rings. The minimum absolute atomic E-state index is 1.68. The molecule has 0 aromatic heterocycles. The van der Waals surface area contributed by atoms with Crippen molar-refractivity contribution in [3.8, 4) is 0 Å². The number of esters is 1. The Kier molecular flexibility index (Phi) is 3.88. The highest BCUT2D eigenvalue weighted by Gasteiger charge is 2.52. The van der Waals surface area contributed by atoms with E-state index in [0.29, 0.717) is 0 Å². The third kappa shape index (κ3) is 4.84. The predicted molar refractivity (Wildman–Crippen MR) is 28.4 cm³/mol. The number of hydrogen-bond acceptors (Lipinski definition) is 4. The fraction of sp³-hybridized carbons (Fsp3) is 0.333. The molecule has 0 spiro atoms. The Labute approximate surface area is 64.2 Å². The van der Waals surface area contributed by atoms with Gasteiger partial charge in [-0.1, -0.05) is 0 Å². The van der Waals surface area contributed by atoms with Crippen molar-refractivity contribution in [1.82, 2.24) is 0 Å². The van der Waals surface area contributed by atoms with Crippen molar-refractivity contribution in [3.63, 3.8) is 0 Å². The summed E-state index contributed by atoms with van der Waals surface area (Å²) in [6, 6.07) is 0. The normalized spacial score (nSPS) is 10.7. The van der Waals surface area contributed by atoms with Crippen LogP contribution in [0.5, 0.6) is 0 Å². The average molecular weight is 209 g/mol. The second-order valence-corrected chi connectivity index (χ2v) is 2.30. The molecule has 0 N–H and O–H groups in total. The Morgan fingerprint density at radius 1 is 1.17 bits per heavy atom. The van der Waals surface area contributed by atoms with Crippen LogP contribution in [0.25, 0.3) is 0 Å². The molecule has 0 aliphatic carbocycles. The Hall–Kier alpha value is -0.910. The van der Waals surface area contributed by atoms with Gasteiger partial charge in [0.05, 0.1) is 12.6 Å². The number of alkyl halides is 1. The summed E-state index contributed by atoms with van der Waals surface area (Å²) in [5.41, 5.74) is 0. The first-order valence-corrected chi connectivity index (χ1v) is 3.69. The van der Waals surface area contributed by atoms with Crippen LogP contribution in [0.4, 0.5) is 17.0 Å². The lowest BCUT2D eigenvalue weighted by molar-refractivity contribution is -0.165. The number of carbonyl (C=O) groups is 2. The summed E-state index contributed by atoms with van der Waals surface area (Å²) in [5, 5.41) is 0. The van der Waals surface area contributed by atoms with Crippen LogP contribution in [0, 0.1) is 0 Å². The lowest BCUT2D eigenvalue weighted by atomic mass is 10.7. The quantitative estimate of drug-likeness (QED) is 0.300. The lowest BCUT2D eigenvalue weighted by Gasteiger charge is -1.94. The van der Waals surface area contributed by atoms with Gasteiger partial charge in [0.15, 0.2) is 0 Å². The second kappa shape index (κ2) is 4.20. The van der Waals surface area contributed by atoms with Gasteiger partial charge in [0.25, 0.3) is 0 Å². The number of carbonyl (C=O) groups excluding carboxylic acids is 2. The van der Waals surface area contributed by atoms with Crippen LogP contribution in [0.2, 0.25) is 0 Å². The molecule has 0 bridgehead atoms. The van der Waals surface area contributed by atoms with Crippen molar-refractivity contribution in [2.75, 3.05) is 6.86 Å². The van der Waals surface area contributed by atoms with Gasteiger partial charge in [-0.05, 0) is 0 Å². The van der Waals surface area contributed by atoms with Crippen molar-refractivity contribution in [1.29, 1.82) is 0 Å². The molecule has 0 aromatic rings. The van der Waals surface area contributed by atoms with Crippen molar-refractivity contribution in [3.05, 3.63) is 0 Å². The second-order valence-electron chi connectivity index (χ2n) is 1.32. The number of halogens is 4. The van der Waals surface area contributed by atoms with Gasteiger partial charge in [0.1, 0.15) is 0 Å². The first-order valence-electron chi connectivity index (χ1n) is 2.31. The summed E-state index contributed by atoms with van der Waals surface area (Å²) < 4.78 is 50.9. The minimum atomic E-state index is -6.32. The SMILES string of the molecule is O=C(OCF)C(=O)O[P+](F)(F)F. The van der Waals surface area contributed by atoms with E-state index in [-0.39, 0.29) is 0 Å². The molecule has 12 heavy (non-hydrogen) atoms. The molecule has 0 saturated heterocycles. The molecular weight excluding hydrogens is 207 g/mol. The highest BCUT2D eigenvalue weighted by atomic mass is 31.3. The van der Waals surface area contributed by atoms with Gasteiger partial charge in [-0.15, -0.1) is 0 Å². The number of hydrogen-bond donors (Lipinski definition) is 0. The molecule has 0 rings (SSSR count). The van der Waals surface area contributed by atoms with Gasteiger partial charge < -0.3 is 4.74 Å². The monoisotopic (exact) mass is 209 g/mol. The molecule has 0 aliphatic rings. The third-order valence-electron chi connectivity index (χ3n) is 0.539. The van der Waals surface area contributed by atoms with Crippen LogP contribution in [0.1, 0.15) is 0 Å². The van der Waals surface area contributed by atoms with E-state index >= 15 is 0 Å². The molecule has 4 nitrogen and oxygen atoms in total. The highest BCUT2D eigenvalue weighted by molar-refractivity contribution is 7.55. The summed E-state index contributed by atoms with van der Waals surface area (Å²) in [5.74, 6) is -4.26. The molecule has 0 heterocycles. The fourth-order valence-electron chi connectivity index (χ4n) is 0.240. The summed E-state index contributed by atoms with van der Waals surface area (Å²) in [6.07, 6.45) is 0. The average Bonchev–Trinajstić information content (AvgIpc) is 1.84. The van der Waals surface area contributed by atoms with Crippen molar-refractivity contribution in [2.24, 2.45) is 0 Å². The molecular formula is C3H2F4O4P+. The van der Waals surface area contributed by atoms with Gasteiger partial charge in [-0.25, -0.2) is 14.0 Å². The Morgan fingerprint density at radius 2 is 1.67 bits per heavy atom. The van der Waals surface area contributed by atoms with Crippen molar-refractivity contribution in [2.45, 2.75) is 0 Å². The molecule has 0 saturated carbocycles. The van der Waals surface area contributed by atoms with E-state index in [2.05, 4.69) is 9.26 Å². The number of rotatable bonds is 2. The summed E-state index contributed by atoms with van der Waals surface area (Å²) in [4.78, 5) is 20.0. The smallest absolute Gasteiger partial charge is 0.425 e. The maximum absolute atomic E-state index is 11.3. The molecule has 0 aromatic carbocycles. The zero-order valence-corrected chi connectivity index (χ0v) is 6.19. The lowest BCUT2D eigenvalue weighted by Crippen LogP contribution is -2.18. The van der Waals surface area contributed by atoms with Crippen LogP contribution in [0.15, 0.2) is 0 Å². The van der Waals surface area contributed by atoms with E-state index in [1.807, 2.05) is 0 Å². The van der Waals surface area contributed by atoms with Crippen molar-refractivity contribution < 1.29 is 35.8 Å². The van der Waals surface area contributed by atoms with Gasteiger partial charge >= 0.3 is 20.4 Å². The van der Waals surface area contributed by atoms with Crippen LogP contribution < -0.4 is 0 Å². The van der Waals surface area contributed by atoms with Gasteiger partial charge in [0.2, 0.25) is 6.86 Å². The zero-order valence-electron chi connectivity index (χ0n) is 5.30. The topological polar surface area (TPSA) is 52.6 Å². The van der Waals surface area contributed by atoms with E-state index in [1.165, 1.54) is 0 Å². The summed E-state index contributed by atoms with van der Waals surface area (Å²) in [6.45, 7) is -1.68. The molecule has 70 valence electrons. The van der Waals surface area contributed by atoms with Gasteiger partial charge in [-0.2, -0.15) is 4.52 Å². The van der Waals surface area contributed by atoms with Crippen LogP contribution in [0.3, 0.4) is 0 Å². The van der Waals surface area contributed by atoms with E-state index in [9.17, 15) is 26.6 Å². The first-order chi connectivity index (χ1) is 5.37. The van der Waals surface area contributed by atoms with Crippen LogP contribution in [-0.4, -0.2) is 18.8 Å². The first kappa shape index (κ1) is 11.1. The highest BCUT2D eigenvalue weighted by Crippen LogP contribution is 2.65. The molecule has 0 aliphatic heterocycles. The maximum Gasteiger partial charge on any atom is 0.762 e. The molecule has 0 unspecified atom stereocenters. The molecule has 9 heteroatoms. The standard InChI is InChI=1S/C3H2F4O4P/c4-1-10-2(8)3(9)11-12(5,6)7/h1H2/q+1. The molecule has 0 atom stereocenters. The van der Waals surface area contributed by atoms with Gasteiger partial charge in [-0.3, -0.25) is 0 Å². The predicted octanol–water partition coefficient (Wildman–Crippen LogP) is 1.59. The molecule has 0 amide bonds. The maximum atomic E-state index is 11.3. The third-order valence-corrected chi connectivity index (χ3v) is 0.912. The van der Waals surface area contributed by atoms with Crippen molar-refractivity contribution >= 4 is 20.4 Å². The van der Waals surface area contributed by atoms with E-state index in [1.54, 1.807) is 0 Å². The van der Waals surface area contributed by atoms with Gasteiger partial charge in [0, 0.05) is 0 Å².